The van der Waals surface area contributed by atoms with E-state index in [0.29, 0.717) is 18.4 Å². The molecule has 0 radical (unpaired) electrons. The minimum Gasteiger partial charge on any atom is -0.443 e. The summed E-state index contributed by atoms with van der Waals surface area (Å²) in [6, 6.07) is 0.272. The van der Waals surface area contributed by atoms with Crippen molar-refractivity contribution in [1.29, 1.82) is 0 Å². The maximum atomic E-state index is 5.81. The molecule has 0 N–H and O–H groups in total. The number of rotatable bonds is 4. The van der Waals surface area contributed by atoms with Gasteiger partial charge in [0.05, 0.1) is 31.1 Å². The summed E-state index contributed by atoms with van der Waals surface area (Å²) in [5.74, 6) is 1.97. The maximum absolute atomic E-state index is 5.81. The van der Waals surface area contributed by atoms with E-state index in [1.54, 1.807) is 0 Å². The predicted octanol–water partition coefficient (Wildman–Crippen LogP) is 2.66. The van der Waals surface area contributed by atoms with Crippen molar-refractivity contribution in [1.82, 2.24) is 19.7 Å². The van der Waals surface area contributed by atoms with Crippen molar-refractivity contribution in [3.63, 3.8) is 0 Å². The average molecular weight is 318 g/mol. The molecule has 23 heavy (non-hydrogen) atoms. The van der Waals surface area contributed by atoms with E-state index in [1.165, 1.54) is 5.56 Å². The Morgan fingerprint density at radius 3 is 2.78 bits per heavy atom. The first-order valence-corrected chi connectivity index (χ1v) is 8.24. The summed E-state index contributed by atoms with van der Waals surface area (Å²) in [5.41, 5.74) is 3.48. The fraction of sp³-hybridized carbons (Fsp3) is 0.647. The molecular formula is C17H26N4O2. The quantitative estimate of drug-likeness (QED) is 0.867. The van der Waals surface area contributed by atoms with E-state index in [0.717, 1.165) is 36.9 Å². The van der Waals surface area contributed by atoms with Gasteiger partial charge in [-0.05, 0) is 20.9 Å². The second-order valence-electron chi connectivity index (χ2n) is 6.62. The van der Waals surface area contributed by atoms with Crippen molar-refractivity contribution < 1.29 is 9.15 Å². The molecule has 0 bridgehead atoms. The van der Waals surface area contributed by atoms with Crippen LogP contribution in [0.3, 0.4) is 0 Å². The van der Waals surface area contributed by atoms with Crippen LogP contribution in [0, 0.1) is 13.8 Å². The van der Waals surface area contributed by atoms with Gasteiger partial charge >= 0.3 is 0 Å². The van der Waals surface area contributed by atoms with Crippen LogP contribution in [0.2, 0.25) is 0 Å². The van der Waals surface area contributed by atoms with Gasteiger partial charge in [0.15, 0.2) is 0 Å². The molecule has 0 aliphatic carbocycles. The van der Waals surface area contributed by atoms with Crippen LogP contribution in [0.1, 0.15) is 54.4 Å². The summed E-state index contributed by atoms with van der Waals surface area (Å²) < 4.78 is 13.5. The lowest BCUT2D eigenvalue weighted by Crippen LogP contribution is -2.37. The normalized spacial score (nSPS) is 19.7. The monoisotopic (exact) mass is 318 g/mol. The molecule has 0 spiro atoms. The highest BCUT2D eigenvalue weighted by Gasteiger charge is 2.27. The Morgan fingerprint density at radius 1 is 1.35 bits per heavy atom. The second kappa shape index (κ2) is 6.45. The highest BCUT2D eigenvalue weighted by atomic mass is 16.5. The van der Waals surface area contributed by atoms with Crippen LogP contribution in [-0.2, 0) is 11.3 Å². The average Bonchev–Trinajstić information content (AvgIpc) is 3.07. The third kappa shape index (κ3) is 3.19. The minimum absolute atomic E-state index is 0.272. The number of morpholine rings is 1. The van der Waals surface area contributed by atoms with Crippen LogP contribution >= 0.6 is 0 Å². The lowest BCUT2D eigenvalue weighted by Gasteiger charge is -2.32. The lowest BCUT2D eigenvalue weighted by molar-refractivity contribution is 0.00457. The smallest absolute Gasteiger partial charge is 0.216 e. The Bertz CT molecular complexity index is 674. The lowest BCUT2D eigenvalue weighted by atomic mass is 10.0. The standard InChI is InChI=1S/C17H26N4O2/c1-11(2)15-8-18-16(23-15)9-21-13(4)17(12(3)19-21)14-10-22-7-6-20(14)5/h8,11,14H,6-7,9-10H2,1-5H3. The number of oxazole rings is 1. The minimum atomic E-state index is 0.272. The van der Waals surface area contributed by atoms with E-state index in [-0.39, 0.29) is 6.04 Å². The highest BCUT2D eigenvalue weighted by molar-refractivity contribution is 5.29. The molecule has 126 valence electrons. The van der Waals surface area contributed by atoms with E-state index < -0.39 is 0 Å². The highest BCUT2D eigenvalue weighted by Crippen LogP contribution is 2.28. The fourth-order valence-electron chi connectivity index (χ4n) is 3.13. The van der Waals surface area contributed by atoms with Gasteiger partial charge in [-0.25, -0.2) is 4.98 Å². The molecule has 6 heteroatoms. The van der Waals surface area contributed by atoms with Crippen LogP contribution in [0.5, 0.6) is 0 Å². The number of aromatic nitrogens is 3. The Morgan fingerprint density at radius 2 is 2.13 bits per heavy atom. The van der Waals surface area contributed by atoms with Crippen LogP contribution in [0.25, 0.3) is 0 Å². The summed E-state index contributed by atoms with van der Waals surface area (Å²) in [6.45, 7) is 11.4. The summed E-state index contributed by atoms with van der Waals surface area (Å²) >= 11 is 0. The molecule has 1 aliphatic heterocycles. The molecule has 1 fully saturated rings. The predicted molar refractivity (Wildman–Crippen MR) is 87.6 cm³/mol. The SMILES string of the molecule is Cc1nn(Cc2ncc(C(C)C)o2)c(C)c1C1COCCN1C. The van der Waals surface area contributed by atoms with E-state index >= 15 is 0 Å². The molecule has 2 aromatic heterocycles. The van der Waals surface area contributed by atoms with E-state index in [2.05, 4.69) is 44.6 Å². The van der Waals surface area contributed by atoms with Crippen molar-refractivity contribution in [3.05, 3.63) is 34.8 Å². The summed E-state index contributed by atoms with van der Waals surface area (Å²) in [5, 5.41) is 4.70. The fourth-order valence-corrected chi connectivity index (χ4v) is 3.13. The van der Waals surface area contributed by atoms with Gasteiger partial charge in [-0.2, -0.15) is 5.10 Å². The van der Waals surface area contributed by atoms with Crippen LogP contribution in [0.15, 0.2) is 10.6 Å². The molecule has 1 atom stereocenters. The number of aryl methyl sites for hydroxylation is 1. The van der Waals surface area contributed by atoms with Crippen molar-refractivity contribution in [2.24, 2.45) is 0 Å². The third-order valence-electron chi connectivity index (χ3n) is 4.59. The maximum Gasteiger partial charge on any atom is 0.216 e. The van der Waals surface area contributed by atoms with Crippen LogP contribution in [0.4, 0.5) is 0 Å². The zero-order valence-corrected chi connectivity index (χ0v) is 14.7. The van der Waals surface area contributed by atoms with Gasteiger partial charge in [-0.1, -0.05) is 13.8 Å². The zero-order valence-electron chi connectivity index (χ0n) is 14.7. The van der Waals surface area contributed by atoms with Crippen molar-refractivity contribution in [2.45, 2.75) is 46.2 Å². The molecule has 6 nitrogen and oxygen atoms in total. The van der Waals surface area contributed by atoms with Crippen LogP contribution < -0.4 is 0 Å². The molecule has 3 heterocycles. The van der Waals surface area contributed by atoms with Gasteiger partial charge < -0.3 is 9.15 Å². The number of hydrogen-bond acceptors (Lipinski definition) is 5. The van der Waals surface area contributed by atoms with Gasteiger partial charge in [0.2, 0.25) is 5.89 Å². The summed E-state index contributed by atoms with van der Waals surface area (Å²) in [7, 11) is 2.15. The van der Waals surface area contributed by atoms with E-state index in [9.17, 15) is 0 Å². The molecule has 1 saturated heterocycles. The summed E-state index contributed by atoms with van der Waals surface area (Å²) in [6.07, 6.45) is 1.81. The first-order valence-electron chi connectivity index (χ1n) is 8.24. The Kier molecular flexibility index (Phi) is 4.55. The molecule has 0 amide bonds. The van der Waals surface area contributed by atoms with Gasteiger partial charge in [0.1, 0.15) is 12.3 Å². The number of likely N-dealkylation sites (N-methyl/N-ethyl adjacent to an activating group) is 1. The van der Waals surface area contributed by atoms with E-state index in [4.69, 9.17) is 14.3 Å². The molecular weight excluding hydrogens is 292 g/mol. The molecule has 1 aliphatic rings. The number of hydrogen-bond donors (Lipinski definition) is 0. The van der Waals surface area contributed by atoms with Crippen molar-refractivity contribution in [2.75, 3.05) is 26.8 Å². The molecule has 0 saturated carbocycles. The molecule has 0 aromatic carbocycles. The van der Waals surface area contributed by atoms with Gasteiger partial charge in [0.25, 0.3) is 0 Å². The largest absolute Gasteiger partial charge is 0.443 e. The summed E-state index contributed by atoms with van der Waals surface area (Å²) in [4.78, 5) is 6.72. The Hall–Kier alpha value is -1.66. The molecule has 2 aromatic rings. The topological polar surface area (TPSA) is 56.3 Å². The van der Waals surface area contributed by atoms with E-state index in [1.807, 2.05) is 10.9 Å². The Balaban J connectivity index is 1.85. The first kappa shape index (κ1) is 16.2. The first-order chi connectivity index (χ1) is 11.0. The van der Waals surface area contributed by atoms with Gasteiger partial charge in [0, 0.05) is 23.7 Å². The molecule has 3 rings (SSSR count). The van der Waals surface area contributed by atoms with Crippen LogP contribution in [-0.4, -0.2) is 46.5 Å². The zero-order chi connectivity index (χ0) is 16.6. The van der Waals surface area contributed by atoms with Crippen molar-refractivity contribution >= 4 is 0 Å². The van der Waals surface area contributed by atoms with Crippen molar-refractivity contribution in [3.8, 4) is 0 Å². The Labute approximate surface area is 137 Å². The third-order valence-corrected chi connectivity index (χ3v) is 4.59. The number of nitrogens with zero attached hydrogens (tertiary/aromatic N) is 4. The molecule has 1 unspecified atom stereocenters. The number of ether oxygens (including phenoxy) is 1. The van der Waals surface area contributed by atoms with Gasteiger partial charge in [-0.3, -0.25) is 9.58 Å². The second-order valence-corrected chi connectivity index (χ2v) is 6.62. The van der Waals surface area contributed by atoms with Gasteiger partial charge in [-0.15, -0.1) is 0 Å².